The molecule has 6 heteroatoms. The van der Waals surface area contributed by atoms with Gasteiger partial charge in [0.25, 0.3) is 0 Å². The number of piperidine rings is 1. The lowest BCUT2D eigenvalue weighted by atomic mass is 10.1. The van der Waals surface area contributed by atoms with Crippen LogP contribution in [0, 0.1) is 0 Å². The molecule has 0 atom stereocenters. The van der Waals surface area contributed by atoms with Gasteiger partial charge in [0.05, 0.1) is 6.10 Å². The molecule has 0 spiro atoms. The average Bonchev–Trinajstić information content (AvgIpc) is 2.57. The van der Waals surface area contributed by atoms with E-state index in [0.717, 1.165) is 44.1 Å². The van der Waals surface area contributed by atoms with Crippen molar-refractivity contribution in [2.75, 3.05) is 26.7 Å². The van der Waals surface area contributed by atoms with Crippen molar-refractivity contribution in [1.82, 2.24) is 10.2 Å². The van der Waals surface area contributed by atoms with Crippen LogP contribution in [-0.4, -0.2) is 49.6 Å². The SMILES string of the molecule is CCOC1CCN(C(=NC)NCc2cccc(C(N)=O)c2)CC1. The van der Waals surface area contributed by atoms with Crippen molar-refractivity contribution in [2.24, 2.45) is 10.7 Å². The molecule has 2 rings (SSSR count). The molecular weight excluding hydrogens is 292 g/mol. The Hall–Kier alpha value is -2.08. The second-order valence-electron chi connectivity index (χ2n) is 5.61. The Morgan fingerprint density at radius 2 is 2.17 bits per heavy atom. The van der Waals surface area contributed by atoms with Crippen molar-refractivity contribution in [3.63, 3.8) is 0 Å². The molecule has 0 unspecified atom stereocenters. The molecule has 0 radical (unpaired) electrons. The highest BCUT2D eigenvalue weighted by Gasteiger charge is 2.21. The van der Waals surface area contributed by atoms with Crippen LogP contribution in [0.1, 0.15) is 35.7 Å². The Labute approximate surface area is 137 Å². The summed E-state index contributed by atoms with van der Waals surface area (Å²) in [5.74, 6) is 0.471. The number of carbonyl (C=O) groups excluding carboxylic acids is 1. The molecule has 1 amide bonds. The molecule has 0 bridgehead atoms. The Morgan fingerprint density at radius 1 is 1.43 bits per heavy atom. The summed E-state index contributed by atoms with van der Waals surface area (Å²) >= 11 is 0. The molecule has 0 saturated carbocycles. The molecule has 1 heterocycles. The third kappa shape index (κ3) is 4.96. The maximum Gasteiger partial charge on any atom is 0.248 e. The van der Waals surface area contributed by atoms with E-state index in [9.17, 15) is 4.79 Å². The van der Waals surface area contributed by atoms with Gasteiger partial charge in [0.15, 0.2) is 5.96 Å². The highest BCUT2D eigenvalue weighted by Crippen LogP contribution is 2.14. The van der Waals surface area contributed by atoms with Gasteiger partial charge in [-0.15, -0.1) is 0 Å². The van der Waals surface area contributed by atoms with E-state index in [1.54, 1.807) is 13.1 Å². The first-order valence-electron chi connectivity index (χ1n) is 8.10. The zero-order valence-electron chi connectivity index (χ0n) is 13.9. The Balaban J connectivity index is 1.88. The van der Waals surface area contributed by atoms with Gasteiger partial charge in [-0.05, 0) is 37.5 Å². The van der Waals surface area contributed by atoms with Crippen LogP contribution >= 0.6 is 0 Å². The first-order valence-corrected chi connectivity index (χ1v) is 8.10. The number of ether oxygens (including phenoxy) is 1. The van der Waals surface area contributed by atoms with E-state index in [2.05, 4.69) is 15.2 Å². The molecule has 6 nitrogen and oxygen atoms in total. The summed E-state index contributed by atoms with van der Waals surface area (Å²) in [6, 6.07) is 7.34. The fraction of sp³-hybridized carbons (Fsp3) is 0.529. The number of amides is 1. The number of aliphatic imine (C=N–C) groups is 1. The van der Waals surface area contributed by atoms with Gasteiger partial charge in [-0.2, -0.15) is 0 Å². The zero-order chi connectivity index (χ0) is 16.7. The maximum atomic E-state index is 11.2. The van der Waals surface area contributed by atoms with Gasteiger partial charge in [0.1, 0.15) is 0 Å². The molecule has 3 N–H and O–H groups in total. The summed E-state index contributed by atoms with van der Waals surface area (Å²) in [5.41, 5.74) is 6.85. The average molecular weight is 318 g/mol. The van der Waals surface area contributed by atoms with Crippen LogP contribution in [0.4, 0.5) is 0 Å². The summed E-state index contributed by atoms with van der Waals surface area (Å²) in [6.07, 6.45) is 2.40. The van der Waals surface area contributed by atoms with Crippen LogP contribution in [0.5, 0.6) is 0 Å². The van der Waals surface area contributed by atoms with Crippen molar-refractivity contribution in [3.05, 3.63) is 35.4 Å². The summed E-state index contributed by atoms with van der Waals surface area (Å²) in [6.45, 7) is 5.29. The molecule has 1 aliphatic heterocycles. The van der Waals surface area contributed by atoms with Gasteiger partial charge in [-0.25, -0.2) is 0 Å². The predicted octanol–water partition coefficient (Wildman–Crippen LogP) is 1.36. The van der Waals surface area contributed by atoms with Gasteiger partial charge in [0, 0.05) is 38.9 Å². The lowest BCUT2D eigenvalue weighted by Gasteiger charge is -2.34. The van der Waals surface area contributed by atoms with E-state index in [4.69, 9.17) is 10.5 Å². The predicted molar refractivity (Wildman–Crippen MR) is 91.4 cm³/mol. The Bertz CT molecular complexity index is 551. The number of nitrogens with zero attached hydrogens (tertiary/aromatic N) is 2. The summed E-state index contributed by atoms with van der Waals surface area (Å²) < 4.78 is 5.68. The highest BCUT2D eigenvalue weighted by atomic mass is 16.5. The van der Waals surface area contributed by atoms with Crippen molar-refractivity contribution in [2.45, 2.75) is 32.4 Å². The quantitative estimate of drug-likeness (QED) is 0.634. The van der Waals surface area contributed by atoms with Crippen molar-refractivity contribution in [1.29, 1.82) is 0 Å². The zero-order valence-corrected chi connectivity index (χ0v) is 13.9. The minimum absolute atomic E-state index is 0.363. The first-order chi connectivity index (χ1) is 11.1. The number of hydrogen-bond acceptors (Lipinski definition) is 3. The van der Waals surface area contributed by atoms with Crippen LogP contribution < -0.4 is 11.1 Å². The fourth-order valence-electron chi connectivity index (χ4n) is 2.82. The lowest BCUT2D eigenvalue weighted by molar-refractivity contribution is 0.0263. The van der Waals surface area contributed by atoms with Crippen LogP contribution in [0.3, 0.4) is 0 Å². The summed E-state index contributed by atoms with van der Waals surface area (Å²) in [5, 5.41) is 3.35. The van der Waals surface area contributed by atoms with Crippen LogP contribution in [0.2, 0.25) is 0 Å². The molecule has 1 aromatic carbocycles. The number of carbonyl (C=O) groups is 1. The van der Waals surface area contributed by atoms with E-state index in [0.29, 0.717) is 18.2 Å². The minimum Gasteiger partial charge on any atom is -0.378 e. The van der Waals surface area contributed by atoms with Gasteiger partial charge in [0.2, 0.25) is 5.91 Å². The van der Waals surface area contributed by atoms with Gasteiger partial charge in [-0.3, -0.25) is 9.79 Å². The van der Waals surface area contributed by atoms with Crippen molar-refractivity contribution < 1.29 is 9.53 Å². The number of rotatable bonds is 5. The minimum atomic E-state index is -0.408. The number of likely N-dealkylation sites (tertiary alicyclic amines) is 1. The molecular formula is C17H26N4O2. The smallest absolute Gasteiger partial charge is 0.248 e. The number of primary amides is 1. The van der Waals surface area contributed by atoms with E-state index in [-0.39, 0.29) is 0 Å². The Morgan fingerprint density at radius 3 is 2.78 bits per heavy atom. The Kier molecular flexibility index (Phi) is 6.40. The van der Waals surface area contributed by atoms with E-state index < -0.39 is 5.91 Å². The van der Waals surface area contributed by atoms with Gasteiger partial charge in [-0.1, -0.05) is 12.1 Å². The van der Waals surface area contributed by atoms with Crippen LogP contribution in [0.25, 0.3) is 0 Å². The standard InChI is InChI=1S/C17H26N4O2/c1-3-23-15-7-9-21(10-8-15)17(19-2)20-12-13-5-4-6-14(11-13)16(18)22/h4-6,11,15H,3,7-10,12H2,1-2H3,(H2,18,22)(H,19,20). The maximum absolute atomic E-state index is 11.2. The highest BCUT2D eigenvalue weighted by molar-refractivity contribution is 5.92. The monoisotopic (exact) mass is 318 g/mol. The van der Waals surface area contributed by atoms with Crippen molar-refractivity contribution in [3.8, 4) is 0 Å². The topological polar surface area (TPSA) is 79.9 Å². The van der Waals surface area contributed by atoms with Crippen LogP contribution in [-0.2, 0) is 11.3 Å². The number of hydrogen-bond donors (Lipinski definition) is 2. The first kappa shape index (κ1) is 17.3. The summed E-state index contributed by atoms with van der Waals surface area (Å²) in [7, 11) is 1.79. The van der Waals surface area contributed by atoms with Crippen molar-refractivity contribution >= 4 is 11.9 Å². The molecule has 0 aromatic heterocycles. The molecule has 0 aliphatic carbocycles. The largest absolute Gasteiger partial charge is 0.378 e. The lowest BCUT2D eigenvalue weighted by Crippen LogP contribution is -2.46. The third-order valence-electron chi connectivity index (χ3n) is 4.02. The number of benzene rings is 1. The normalized spacial score (nSPS) is 16.4. The molecule has 1 saturated heterocycles. The van der Waals surface area contributed by atoms with Gasteiger partial charge >= 0.3 is 0 Å². The van der Waals surface area contributed by atoms with E-state index in [1.165, 1.54) is 0 Å². The number of nitrogens with one attached hydrogen (secondary N) is 1. The third-order valence-corrected chi connectivity index (χ3v) is 4.02. The van der Waals surface area contributed by atoms with E-state index in [1.807, 2.05) is 25.1 Å². The molecule has 23 heavy (non-hydrogen) atoms. The number of nitrogens with two attached hydrogens (primary N) is 1. The number of guanidine groups is 1. The fourth-order valence-corrected chi connectivity index (χ4v) is 2.82. The molecule has 1 aromatic rings. The summed E-state index contributed by atoms with van der Waals surface area (Å²) in [4.78, 5) is 17.8. The second-order valence-corrected chi connectivity index (χ2v) is 5.61. The second kappa shape index (κ2) is 8.53. The van der Waals surface area contributed by atoms with E-state index >= 15 is 0 Å². The van der Waals surface area contributed by atoms with Gasteiger partial charge < -0.3 is 20.7 Å². The van der Waals surface area contributed by atoms with Crippen LogP contribution in [0.15, 0.2) is 29.3 Å². The molecule has 1 aliphatic rings. The molecule has 126 valence electrons. The molecule has 1 fully saturated rings.